The molecule has 0 bridgehead atoms. The molecule has 5 heteroatoms. The zero-order chi connectivity index (χ0) is 14.1. The highest BCUT2D eigenvalue weighted by atomic mass is 16.6. The van der Waals surface area contributed by atoms with Gasteiger partial charge in [-0.05, 0) is 17.7 Å². The molecule has 0 radical (unpaired) electrons. The third kappa shape index (κ3) is 2.06. The van der Waals surface area contributed by atoms with Crippen molar-refractivity contribution >= 4 is 28.8 Å². The van der Waals surface area contributed by atoms with E-state index in [-0.39, 0.29) is 12.2 Å². The second-order valence-electron chi connectivity index (χ2n) is 4.65. The van der Waals surface area contributed by atoms with Crippen LogP contribution in [0.3, 0.4) is 0 Å². The average molecular weight is 273 g/mol. The Morgan fingerprint density at radius 2 is 2.40 bits per heavy atom. The number of ether oxygens (including phenoxy) is 2. The molecule has 1 aromatic carbocycles. The molecule has 0 saturated carbocycles. The molecule has 0 unspecified atom stereocenters. The number of fused-ring (bicyclic) bond motifs is 1. The van der Waals surface area contributed by atoms with Crippen LogP contribution in [0.4, 0.5) is 10.5 Å². The Morgan fingerprint density at radius 3 is 3.15 bits per heavy atom. The van der Waals surface area contributed by atoms with Crippen molar-refractivity contribution in [1.29, 1.82) is 0 Å². The molecule has 3 rings (SSSR count). The third-order valence-electron chi connectivity index (χ3n) is 3.33. The maximum absolute atomic E-state index is 11.9. The maximum atomic E-state index is 11.9. The Hall–Kier alpha value is -2.27. The van der Waals surface area contributed by atoms with Gasteiger partial charge in [-0.25, -0.2) is 4.79 Å². The maximum Gasteiger partial charge on any atom is 0.414 e. The summed E-state index contributed by atoms with van der Waals surface area (Å²) in [6.45, 7) is 4.57. The first-order valence-corrected chi connectivity index (χ1v) is 6.33. The fourth-order valence-electron chi connectivity index (χ4n) is 2.36. The quantitative estimate of drug-likeness (QED) is 0.859. The van der Waals surface area contributed by atoms with Gasteiger partial charge in [-0.1, -0.05) is 18.7 Å². The standard InChI is InChI=1S/C15H15NO4/c1-3-10-4-5-12-13(9-19-14(12)6-10)16-7-11(8-18-2)20-15(16)17/h3-6,9,11H,1,7-8H2,2H3/t11-/m1/s1. The van der Waals surface area contributed by atoms with Crippen LogP contribution in [0.15, 0.2) is 35.5 Å². The van der Waals surface area contributed by atoms with Crippen molar-refractivity contribution in [2.24, 2.45) is 0 Å². The predicted molar refractivity (Wildman–Crippen MR) is 75.8 cm³/mol. The van der Waals surface area contributed by atoms with E-state index in [0.29, 0.717) is 13.2 Å². The molecule has 1 aliphatic heterocycles. The molecule has 20 heavy (non-hydrogen) atoms. The molecule has 0 spiro atoms. The second kappa shape index (κ2) is 5.02. The zero-order valence-corrected chi connectivity index (χ0v) is 11.2. The Kier molecular flexibility index (Phi) is 3.20. The van der Waals surface area contributed by atoms with Crippen molar-refractivity contribution in [3.8, 4) is 0 Å². The van der Waals surface area contributed by atoms with E-state index in [4.69, 9.17) is 13.9 Å². The van der Waals surface area contributed by atoms with E-state index < -0.39 is 0 Å². The first-order chi connectivity index (χ1) is 9.72. The van der Waals surface area contributed by atoms with Crippen LogP contribution in [0.5, 0.6) is 0 Å². The van der Waals surface area contributed by atoms with E-state index in [9.17, 15) is 4.79 Å². The Balaban J connectivity index is 1.94. The molecule has 1 atom stereocenters. The third-order valence-corrected chi connectivity index (χ3v) is 3.33. The minimum Gasteiger partial charge on any atom is -0.462 e. The predicted octanol–water partition coefficient (Wildman–Crippen LogP) is 3.05. The number of hydrogen-bond donors (Lipinski definition) is 0. The zero-order valence-electron chi connectivity index (χ0n) is 11.2. The lowest BCUT2D eigenvalue weighted by atomic mass is 10.1. The molecule has 1 saturated heterocycles. The number of carbonyl (C=O) groups excluding carboxylic acids is 1. The largest absolute Gasteiger partial charge is 0.462 e. The van der Waals surface area contributed by atoms with E-state index in [2.05, 4.69) is 6.58 Å². The summed E-state index contributed by atoms with van der Waals surface area (Å²) in [6, 6.07) is 5.74. The van der Waals surface area contributed by atoms with E-state index in [1.54, 1.807) is 24.3 Å². The summed E-state index contributed by atoms with van der Waals surface area (Å²) in [7, 11) is 1.58. The van der Waals surface area contributed by atoms with E-state index in [0.717, 1.165) is 22.2 Å². The number of carbonyl (C=O) groups is 1. The topological polar surface area (TPSA) is 51.9 Å². The van der Waals surface area contributed by atoms with Gasteiger partial charge in [-0.3, -0.25) is 4.90 Å². The molecule has 0 N–H and O–H groups in total. The monoisotopic (exact) mass is 273 g/mol. The lowest BCUT2D eigenvalue weighted by molar-refractivity contribution is 0.0718. The highest BCUT2D eigenvalue weighted by Gasteiger charge is 2.34. The summed E-state index contributed by atoms with van der Waals surface area (Å²) in [5.41, 5.74) is 2.42. The van der Waals surface area contributed by atoms with E-state index >= 15 is 0 Å². The lowest BCUT2D eigenvalue weighted by Crippen LogP contribution is -2.25. The van der Waals surface area contributed by atoms with Gasteiger partial charge in [0.25, 0.3) is 0 Å². The van der Waals surface area contributed by atoms with Gasteiger partial charge in [0, 0.05) is 12.5 Å². The van der Waals surface area contributed by atoms with Gasteiger partial charge >= 0.3 is 6.09 Å². The number of benzene rings is 1. The molecule has 2 heterocycles. The van der Waals surface area contributed by atoms with Crippen molar-refractivity contribution in [3.63, 3.8) is 0 Å². The van der Waals surface area contributed by atoms with Gasteiger partial charge in [-0.2, -0.15) is 0 Å². The summed E-state index contributed by atoms with van der Waals surface area (Å²) in [6.07, 6.45) is 2.71. The number of methoxy groups -OCH3 is 1. The van der Waals surface area contributed by atoms with Crippen LogP contribution in [0, 0.1) is 0 Å². The Bertz CT molecular complexity index is 661. The van der Waals surface area contributed by atoms with Crippen molar-refractivity contribution in [3.05, 3.63) is 36.6 Å². The number of anilines is 1. The van der Waals surface area contributed by atoms with Gasteiger partial charge in [0.2, 0.25) is 0 Å². The number of furan rings is 1. The summed E-state index contributed by atoms with van der Waals surface area (Å²) in [5.74, 6) is 0. The summed E-state index contributed by atoms with van der Waals surface area (Å²) >= 11 is 0. The average Bonchev–Trinajstić information content (AvgIpc) is 3.01. The van der Waals surface area contributed by atoms with Crippen LogP contribution < -0.4 is 4.90 Å². The van der Waals surface area contributed by atoms with Crippen LogP contribution >= 0.6 is 0 Å². The highest BCUT2D eigenvalue weighted by Crippen LogP contribution is 2.32. The van der Waals surface area contributed by atoms with Gasteiger partial charge in [0.1, 0.15) is 18.0 Å². The number of cyclic esters (lactones) is 1. The molecule has 1 fully saturated rings. The number of amides is 1. The minimum absolute atomic E-state index is 0.245. The Morgan fingerprint density at radius 1 is 1.55 bits per heavy atom. The lowest BCUT2D eigenvalue weighted by Gasteiger charge is -2.10. The van der Waals surface area contributed by atoms with Crippen LogP contribution in [-0.2, 0) is 9.47 Å². The van der Waals surface area contributed by atoms with Crippen LogP contribution in [-0.4, -0.2) is 32.5 Å². The molecule has 1 amide bonds. The van der Waals surface area contributed by atoms with E-state index in [1.807, 2.05) is 18.2 Å². The van der Waals surface area contributed by atoms with Crippen LogP contribution in [0.2, 0.25) is 0 Å². The molecular formula is C15H15NO4. The Labute approximate surface area is 116 Å². The SMILES string of the molecule is C=Cc1ccc2c(N3C[C@H](COC)OC3=O)coc2c1. The fourth-order valence-corrected chi connectivity index (χ4v) is 2.36. The molecule has 0 aliphatic carbocycles. The molecule has 2 aromatic rings. The second-order valence-corrected chi connectivity index (χ2v) is 4.65. The van der Waals surface area contributed by atoms with Gasteiger partial charge < -0.3 is 13.9 Å². The summed E-state index contributed by atoms with van der Waals surface area (Å²) in [5, 5.41) is 0.880. The van der Waals surface area contributed by atoms with Gasteiger partial charge in [0.05, 0.1) is 18.8 Å². The molecule has 5 nitrogen and oxygen atoms in total. The van der Waals surface area contributed by atoms with Crippen LogP contribution in [0.1, 0.15) is 5.56 Å². The van der Waals surface area contributed by atoms with Crippen molar-refractivity contribution in [2.45, 2.75) is 6.10 Å². The first kappa shape index (κ1) is 12.7. The number of rotatable bonds is 4. The fraction of sp³-hybridized carbons (Fsp3) is 0.267. The molecular weight excluding hydrogens is 258 g/mol. The molecule has 104 valence electrons. The molecule has 1 aromatic heterocycles. The van der Waals surface area contributed by atoms with Crippen molar-refractivity contribution < 1.29 is 18.7 Å². The minimum atomic E-state index is -0.373. The van der Waals surface area contributed by atoms with Crippen molar-refractivity contribution in [1.82, 2.24) is 0 Å². The number of nitrogens with zero attached hydrogens (tertiary/aromatic N) is 1. The van der Waals surface area contributed by atoms with Crippen molar-refractivity contribution in [2.75, 3.05) is 25.2 Å². The summed E-state index contributed by atoms with van der Waals surface area (Å²) < 4.78 is 15.8. The van der Waals surface area contributed by atoms with Crippen LogP contribution in [0.25, 0.3) is 17.0 Å². The van der Waals surface area contributed by atoms with Gasteiger partial charge in [0.15, 0.2) is 0 Å². The van der Waals surface area contributed by atoms with Gasteiger partial charge in [-0.15, -0.1) is 0 Å². The highest BCUT2D eigenvalue weighted by molar-refractivity contribution is 6.01. The molecule has 1 aliphatic rings. The summed E-state index contributed by atoms with van der Waals surface area (Å²) in [4.78, 5) is 13.5. The normalized spacial score (nSPS) is 18.6. The number of hydrogen-bond acceptors (Lipinski definition) is 4. The smallest absolute Gasteiger partial charge is 0.414 e. The first-order valence-electron chi connectivity index (χ1n) is 6.33. The van der Waals surface area contributed by atoms with E-state index in [1.165, 1.54) is 0 Å².